The van der Waals surface area contributed by atoms with Gasteiger partial charge in [0.2, 0.25) is 5.91 Å². The Labute approximate surface area is 167 Å². The number of rotatable bonds is 8. The van der Waals surface area contributed by atoms with Crippen LogP contribution in [-0.4, -0.2) is 47.2 Å². The van der Waals surface area contributed by atoms with Crippen molar-refractivity contribution in [2.75, 3.05) is 18.6 Å². The third kappa shape index (κ3) is 4.25. The molecule has 1 aliphatic rings. The molecule has 0 fully saturated rings. The number of hydrogen-bond acceptors (Lipinski definition) is 4. The Morgan fingerprint density at radius 2 is 1.68 bits per heavy atom. The molecule has 0 saturated heterocycles. The summed E-state index contributed by atoms with van der Waals surface area (Å²) < 4.78 is 13.0. The number of nitrogens with zero attached hydrogens (tertiary/aromatic N) is 1. The van der Waals surface area contributed by atoms with Crippen LogP contribution in [0.3, 0.4) is 0 Å². The molecule has 3 amide bonds. The molecule has 28 heavy (non-hydrogen) atoms. The van der Waals surface area contributed by atoms with Crippen LogP contribution in [0.2, 0.25) is 0 Å². The first kappa shape index (κ1) is 20.1. The second-order valence-corrected chi connectivity index (χ2v) is 7.48. The average molecular weight is 400 g/mol. The van der Waals surface area contributed by atoms with Crippen molar-refractivity contribution in [2.24, 2.45) is 0 Å². The molecule has 0 bridgehead atoms. The molecule has 0 aliphatic carbocycles. The van der Waals surface area contributed by atoms with E-state index in [0.29, 0.717) is 36.3 Å². The fourth-order valence-electron chi connectivity index (χ4n) is 3.20. The van der Waals surface area contributed by atoms with Gasteiger partial charge in [0.05, 0.1) is 11.1 Å². The minimum Gasteiger partial charge on any atom is -0.354 e. The van der Waals surface area contributed by atoms with Gasteiger partial charge < -0.3 is 5.32 Å². The number of fused-ring (bicyclic) bond motifs is 1. The highest BCUT2D eigenvalue weighted by Crippen LogP contribution is 2.26. The van der Waals surface area contributed by atoms with Crippen LogP contribution in [0.25, 0.3) is 0 Å². The van der Waals surface area contributed by atoms with Gasteiger partial charge in [0.1, 0.15) is 11.9 Å². The van der Waals surface area contributed by atoms with Gasteiger partial charge in [-0.15, -0.1) is 0 Å². The second-order valence-electron chi connectivity index (χ2n) is 6.49. The highest BCUT2D eigenvalue weighted by atomic mass is 32.2. The van der Waals surface area contributed by atoms with Crippen molar-refractivity contribution < 1.29 is 18.8 Å². The van der Waals surface area contributed by atoms with E-state index in [2.05, 4.69) is 5.32 Å². The smallest absolute Gasteiger partial charge is 0.262 e. The zero-order valence-electron chi connectivity index (χ0n) is 15.5. The zero-order valence-corrected chi connectivity index (χ0v) is 16.3. The summed E-state index contributed by atoms with van der Waals surface area (Å²) in [5, 5.41) is 2.81. The van der Waals surface area contributed by atoms with Gasteiger partial charge in [-0.3, -0.25) is 19.3 Å². The fraction of sp³-hybridized carbons (Fsp3) is 0.286. The maximum Gasteiger partial charge on any atom is 0.262 e. The van der Waals surface area contributed by atoms with Crippen LogP contribution in [0.1, 0.15) is 32.7 Å². The van der Waals surface area contributed by atoms with Gasteiger partial charge in [-0.05, 0) is 54.7 Å². The molecular weight excluding hydrogens is 379 g/mol. The molecule has 1 atom stereocenters. The van der Waals surface area contributed by atoms with Crippen LogP contribution in [0, 0.1) is 5.82 Å². The van der Waals surface area contributed by atoms with E-state index in [0.717, 1.165) is 10.5 Å². The first-order valence-electron chi connectivity index (χ1n) is 9.01. The predicted octanol–water partition coefficient (Wildman–Crippen LogP) is 2.90. The highest BCUT2D eigenvalue weighted by Gasteiger charge is 2.42. The van der Waals surface area contributed by atoms with Crippen molar-refractivity contribution in [3.05, 3.63) is 71.0 Å². The topological polar surface area (TPSA) is 66.5 Å². The predicted molar refractivity (Wildman–Crippen MR) is 107 cm³/mol. The maximum atomic E-state index is 13.0. The SMILES string of the molecule is CSCC[C@H](C(=O)NCCc1ccc(F)cc1)N1C(=O)c2ccccc2C1=O. The quantitative estimate of drug-likeness (QED) is 0.692. The molecular formula is C21H21FN2O3S. The van der Waals surface area contributed by atoms with E-state index >= 15 is 0 Å². The highest BCUT2D eigenvalue weighted by molar-refractivity contribution is 7.98. The van der Waals surface area contributed by atoms with E-state index in [-0.39, 0.29) is 11.7 Å². The Morgan fingerprint density at radius 1 is 1.07 bits per heavy atom. The number of imide groups is 1. The normalized spacial score (nSPS) is 14.1. The Hall–Kier alpha value is -2.67. The van der Waals surface area contributed by atoms with Crippen molar-refractivity contribution in [2.45, 2.75) is 18.9 Å². The summed E-state index contributed by atoms with van der Waals surface area (Å²) >= 11 is 1.55. The number of halogens is 1. The van der Waals surface area contributed by atoms with Gasteiger partial charge in [0.15, 0.2) is 0 Å². The lowest BCUT2D eigenvalue weighted by atomic mass is 10.1. The number of amides is 3. The first-order chi connectivity index (χ1) is 13.5. The molecule has 2 aromatic rings. The van der Waals surface area contributed by atoms with Gasteiger partial charge in [-0.1, -0.05) is 24.3 Å². The number of carbonyl (C=O) groups is 3. The largest absolute Gasteiger partial charge is 0.354 e. The van der Waals surface area contributed by atoms with E-state index in [1.54, 1.807) is 48.2 Å². The third-order valence-electron chi connectivity index (χ3n) is 4.66. The minimum absolute atomic E-state index is 0.310. The molecule has 1 N–H and O–H groups in total. The van der Waals surface area contributed by atoms with Crippen LogP contribution >= 0.6 is 11.8 Å². The van der Waals surface area contributed by atoms with Crippen molar-refractivity contribution >= 4 is 29.5 Å². The Kier molecular flexibility index (Phi) is 6.46. The standard InChI is InChI=1S/C21H21FN2O3S/c1-28-13-11-18(19(25)23-12-10-14-6-8-15(22)9-7-14)24-20(26)16-4-2-3-5-17(16)21(24)27/h2-9,18H,10-13H2,1H3,(H,23,25)/t18-/m1/s1. The number of hydrogen-bond donors (Lipinski definition) is 1. The van der Waals surface area contributed by atoms with Crippen molar-refractivity contribution in [1.82, 2.24) is 10.2 Å². The molecule has 3 rings (SSSR count). The van der Waals surface area contributed by atoms with Crippen molar-refractivity contribution in [1.29, 1.82) is 0 Å². The lowest BCUT2D eigenvalue weighted by Crippen LogP contribution is -2.50. The van der Waals surface area contributed by atoms with E-state index in [1.807, 2.05) is 6.26 Å². The van der Waals surface area contributed by atoms with Crippen molar-refractivity contribution in [3.63, 3.8) is 0 Å². The Bertz CT molecular complexity index is 850. The van der Waals surface area contributed by atoms with E-state index in [4.69, 9.17) is 0 Å². The van der Waals surface area contributed by atoms with Gasteiger partial charge in [-0.25, -0.2) is 4.39 Å². The summed E-state index contributed by atoms with van der Waals surface area (Å²) in [6.07, 6.45) is 2.82. The molecule has 0 radical (unpaired) electrons. The van der Waals surface area contributed by atoms with Crippen LogP contribution < -0.4 is 5.32 Å². The van der Waals surface area contributed by atoms with Gasteiger partial charge >= 0.3 is 0 Å². The lowest BCUT2D eigenvalue weighted by molar-refractivity contribution is -0.125. The molecule has 1 aliphatic heterocycles. The maximum absolute atomic E-state index is 13.0. The molecule has 0 spiro atoms. The van der Waals surface area contributed by atoms with Gasteiger partial charge in [0.25, 0.3) is 11.8 Å². The second kappa shape index (κ2) is 9.01. The fourth-order valence-corrected chi connectivity index (χ4v) is 3.66. The summed E-state index contributed by atoms with van der Waals surface area (Å²) in [7, 11) is 0. The monoisotopic (exact) mass is 400 g/mol. The molecule has 0 saturated carbocycles. The molecule has 2 aromatic carbocycles. The van der Waals surface area contributed by atoms with E-state index in [1.165, 1.54) is 12.1 Å². The molecule has 5 nitrogen and oxygen atoms in total. The lowest BCUT2D eigenvalue weighted by Gasteiger charge is -2.25. The molecule has 0 aromatic heterocycles. The van der Waals surface area contributed by atoms with E-state index in [9.17, 15) is 18.8 Å². The summed E-state index contributed by atoms with van der Waals surface area (Å²) in [6, 6.07) is 11.8. The molecule has 1 heterocycles. The van der Waals surface area contributed by atoms with Crippen LogP contribution in [0.15, 0.2) is 48.5 Å². The Balaban J connectivity index is 1.69. The molecule has 7 heteroatoms. The van der Waals surface area contributed by atoms with Crippen LogP contribution in [-0.2, 0) is 11.2 Å². The summed E-state index contributed by atoms with van der Waals surface area (Å²) in [4.78, 5) is 39.3. The number of nitrogens with one attached hydrogen (secondary N) is 1. The number of carbonyl (C=O) groups excluding carboxylic acids is 3. The van der Waals surface area contributed by atoms with Crippen LogP contribution in [0.4, 0.5) is 4.39 Å². The van der Waals surface area contributed by atoms with Crippen LogP contribution in [0.5, 0.6) is 0 Å². The zero-order chi connectivity index (χ0) is 20.1. The average Bonchev–Trinajstić information content (AvgIpc) is 2.95. The molecule has 146 valence electrons. The summed E-state index contributed by atoms with van der Waals surface area (Å²) in [5.74, 6) is -0.884. The van der Waals surface area contributed by atoms with Gasteiger partial charge in [0, 0.05) is 6.54 Å². The summed E-state index contributed by atoms with van der Waals surface area (Å²) in [6.45, 7) is 0.337. The molecule has 0 unspecified atom stereocenters. The number of benzene rings is 2. The summed E-state index contributed by atoms with van der Waals surface area (Å²) in [5.41, 5.74) is 1.56. The van der Waals surface area contributed by atoms with Gasteiger partial charge in [-0.2, -0.15) is 11.8 Å². The van der Waals surface area contributed by atoms with Crippen molar-refractivity contribution in [3.8, 4) is 0 Å². The third-order valence-corrected chi connectivity index (χ3v) is 5.31. The number of thioether (sulfide) groups is 1. The Morgan fingerprint density at radius 3 is 2.25 bits per heavy atom. The minimum atomic E-state index is -0.854. The first-order valence-corrected chi connectivity index (χ1v) is 10.4. The van der Waals surface area contributed by atoms with E-state index < -0.39 is 17.9 Å².